The third-order valence-corrected chi connectivity index (χ3v) is 4.93. The third-order valence-electron chi connectivity index (χ3n) is 4.69. The van der Waals surface area contributed by atoms with Gasteiger partial charge in [0.25, 0.3) is 0 Å². The van der Waals surface area contributed by atoms with E-state index in [0.29, 0.717) is 23.1 Å². The molecule has 0 spiro atoms. The first-order valence-electron chi connectivity index (χ1n) is 8.21. The normalized spacial score (nSPS) is 14.2. The third kappa shape index (κ3) is 2.80. The Bertz CT molecular complexity index is 910. The van der Waals surface area contributed by atoms with Gasteiger partial charge in [-0.15, -0.1) is 0 Å². The van der Waals surface area contributed by atoms with E-state index in [4.69, 9.17) is 11.6 Å². The molecule has 24 heavy (non-hydrogen) atoms. The fourth-order valence-electron chi connectivity index (χ4n) is 3.37. The molecule has 122 valence electrons. The lowest BCUT2D eigenvalue weighted by molar-refractivity contribution is 0.0684. The maximum absolute atomic E-state index is 12.0. The number of rotatable bonds is 5. The number of carboxylic acid groups (broad SMARTS) is 1. The standard InChI is InChI=1S/C20H18ClNO2/c21-15-8-9-18-16(11-15)17(10-13-4-2-1-3-5-13)19(20(23)24)22(18)12-14-6-7-14/h1-5,8-9,11,14H,6-7,10,12H2,(H,23,24). The first-order chi connectivity index (χ1) is 11.6. The molecule has 4 rings (SSSR count). The molecule has 4 heteroatoms. The Labute approximate surface area is 145 Å². The monoisotopic (exact) mass is 339 g/mol. The summed E-state index contributed by atoms with van der Waals surface area (Å²) in [7, 11) is 0. The molecule has 1 heterocycles. The molecule has 0 atom stereocenters. The predicted octanol–water partition coefficient (Wildman–Crippen LogP) is 4.99. The first kappa shape index (κ1) is 15.3. The number of nitrogens with zero attached hydrogens (tertiary/aromatic N) is 1. The second kappa shape index (κ2) is 5.99. The van der Waals surface area contributed by atoms with E-state index in [2.05, 4.69) is 0 Å². The number of carbonyl (C=O) groups is 1. The highest BCUT2D eigenvalue weighted by Gasteiger charge is 2.28. The number of hydrogen-bond donors (Lipinski definition) is 1. The summed E-state index contributed by atoms with van der Waals surface area (Å²) in [4.78, 5) is 12.0. The SMILES string of the molecule is O=C(O)c1c(Cc2ccccc2)c2cc(Cl)ccc2n1CC1CC1. The molecule has 0 unspecified atom stereocenters. The van der Waals surface area contributed by atoms with Crippen LogP contribution in [0.2, 0.25) is 5.02 Å². The Balaban J connectivity index is 1.93. The molecule has 1 N–H and O–H groups in total. The fourth-order valence-corrected chi connectivity index (χ4v) is 3.54. The average Bonchev–Trinajstić information content (AvgIpc) is 3.33. The summed E-state index contributed by atoms with van der Waals surface area (Å²) in [6, 6.07) is 15.7. The summed E-state index contributed by atoms with van der Waals surface area (Å²) in [5.41, 5.74) is 3.33. The minimum Gasteiger partial charge on any atom is -0.477 e. The van der Waals surface area contributed by atoms with Crippen molar-refractivity contribution in [3.63, 3.8) is 0 Å². The topological polar surface area (TPSA) is 42.2 Å². The highest BCUT2D eigenvalue weighted by molar-refractivity contribution is 6.31. The Morgan fingerprint density at radius 2 is 1.92 bits per heavy atom. The van der Waals surface area contributed by atoms with Crippen molar-refractivity contribution < 1.29 is 9.90 Å². The summed E-state index contributed by atoms with van der Waals surface area (Å²) in [5.74, 6) is -0.271. The molecule has 3 aromatic rings. The molecule has 1 fully saturated rings. The molecule has 0 bridgehead atoms. The Hall–Kier alpha value is -2.26. The zero-order chi connectivity index (χ0) is 16.7. The molecule has 1 aromatic heterocycles. The first-order valence-corrected chi connectivity index (χ1v) is 8.59. The minimum absolute atomic E-state index is 0.406. The van der Waals surface area contributed by atoms with Crippen LogP contribution in [0.3, 0.4) is 0 Å². The van der Waals surface area contributed by atoms with Gasteiger partial charge >= 0.3 is 5.97 Å². The Morgan fingerprint density at radius 3 is 2.58 bits per heavy atom. The van der Waals surface area contributed by atoms with Crippen molar-refractivity contribution in [3.05, 3.63) is 70.4 Å². The van der Waals surface area contributed by atoms with Gasteiger partial charge in [0.15, 0.2) is 0 Å². The molecule has 0 saturated heterocycles. The van der Waals surface area contributed by atoms with Crippen molar-refractivity contribution >= 4 is 28.5 Å². The van der Waals surface area contributed by atoms with Crippen molar-refractivity contribution in [2.24, 2.45) is 5.92 Å². The van der Waals surface area contributed by atoms with Crippen molar-refractivity contribution in [2.45, 2.75) is 25.8 Å². The van der Waals surface area contributed by atoms with E-state index in [1.54, 1.807) is 0 Å². The average molecular weight is 340 g/mol. The highest BCUT2D eigenvalue weighted by Crippen LogP contribution is 2.36. The largest absolute Gasteiger partial charge is 0.477 e. The number of hydrogen-bond acceptors (Lipinski definition) is 1. The van der Waals surface area contributed by atoms with E-state index in [1.807, 2.05) is 53.1 Å². The van der Waals surface area contributed by atoms with E-state index in [-0.39, 0.29) is 0 Å². The lowest BCUT2D eigenvalue weighted by Crippen LogP contribution is -2.12. The number of fused-ring (bicyclic) bond motifs is 1. The zero-order valence-electron chi connectivity index (χ0n) is 13.2. The van der Waals surface area contributed by atoms with E-state index < -0.39 is 5.97 Å². The van der Waals surface area contributed by atoms with Gasteiger partial charge in [-0.25, -0.2) is 4.79 Å². The molecule has 1 saturated carbocycles. The van der Waals surface area contributed by atoms with Gasteiger partial charge < -0.3 is 9.67 Å². The van der Waals surface area contributed by atoms with Gasteiger partial charge in [-0.3, -0.25) is 0 Å². The summed E-state index contributed by atoms with van der Waals surface area (Å²) in [6.45, 7) is 0.772. The van der Waals surface area contributed by atoms with Crippen LogP contribution in [0.5, 0.6) is 0 Å². The lowest BCUT2D eigenvalue weighted by Gasteiger charge is -2.08. The van der Waals surface area contributed by atoms with Crippen molar-refractivity contribution in [3.8, 4) is 0 Å². The van der Waals surface area contributed by atoms with Gasteiger partial charge in [0.05, 0.1) is 0 Å². The number of benzene rings is 2. The second-order valence-electron chi connectivity index (χ2n) is 6.51. The maximum Gasteiger partial charge on any atom is 0.352 e. The van der Waals surface area contributed by atoms with E-state index in [9.17, 15) is 9.90 Å². The number of halogens is 1. The molecular formula is C20H18ClNO2. The van der Waals surface area contributed by atoms with Gasteiger partial charge in [-0.2, -0.15) is 0 Å². The minimum atomic E-state index is -0.867. The van der Waals surface area contributed by atoms with Gasteiger partial charge in [-0.05, 0) is 48.1 Å². The number of carboxylic acids is 1. The maximum atomic E-state index is 12.0. The van der Waals surface area contributed by atoms with Crippen LogP contribution in [0.4, 0.5) is 0 Å². The van der Waals surface area contributed by atoms with E-state index in [0.717, 1.165) is 28.6 Å². The number of aromatic nitrogens is 1. The molecule has 2 aromatic carbocycles. The quantitative estimate of drug-likeness (QED) is 0.711. The molecule has 1 aliphatic carbocycles. The van der Waals surface area contributed by atoms with Crippen molar-refractivity contribution in [1.82, 2.24) is 4.57 Å². The van der Waals surface area contributed by atoms with Crippen LogP contribution in [-0.2, 0) is 13.0 Å². The van der Waals surface area contributed by atoms with E-state index in [1.165, 1.54) is 12.8 Å². The number of aromatic carboxylic acids is 1. The van der Waals surface area contributed by atoms with Crippen LogP contribution in [-0.4, -0.2) is 15.6 Å². The van der Waals surface area contributed by atoms with Crippen LogP contribution in [0.25, 0.3) is 10.9 Å². The van der Waals surface area contributed by atoms with Crippen molar-refractivity contribution in [1.29, 1.82) is 0 Å². The molecule has 0 aliphatic heterocycles. The van der Waals surface area contributed by atoms with E-state index >= 15 is 0 Å². The van der Waals surface area contributed by atoms with Crippen LogP contribution < -0.4 is 0 Å². The summed E-state index contributed by atoms with van der Waals surface area (Å²) < 4.78 is 1.98. The summed E-state index contributed by atoms with van der Waals surface area (Å²) in [5, 5.41) is 11.5. The fraction of sp³-hybridized carbons (Fsp3) is 0.250. The second-order valence-corrected chi connectivity index (χ2v) is 6.95. The van der Waals surface area contributed by atoms with Gasteiger partial charge in [0, 0.05) is 28.9 Å². The van der Waals surface area contributed by atoms with Crippen LogP contribution in [0.15, 0.2) is 48.5 Å². The Morgan fingerprint density at radius 1 is 1.17 bits per heavy atom. The van der Waals surface area contributed by atoms with Crippen molar-refractivity contribution in [2.75, 3.05) is 0 Å². The molecule has 1 aliphatic rings. The van der Waals surface area contributed by atoms with Crippen LogP contribution in [0.1, 0.15) is 34.5 Å². The molecule has 3 nitrogen and oxygen atoms in total. The molecule has 0 radical (unpaired) electrons. The Kier molecular flexibility index (Phi) is 3.81. The molecule has 0 amide bonds. The predicted molar refractivity (Wildman–Crippen MR) is 95.9 cm³/mol. The smallest absolute Gasteiger partial charge is 0.352 e. The van der Waals surface area contributed by atoms with Crippen LogP contribution >= 0.6 is 11.6 Å². The summed E-state index contributed by atoms with van der Waals surface area (Å²) >= 11 is 6.20. The zero-order valence-corrected chi connectivity index (χ0v) is 14.0. The van der Waals surface area contributed by atoms with Gasteiger partial charge in [0.2, 0.25) is 0 Å². The lowest BCUT2D eigenvalue weighted by atomic mass is 10.0. The van der Waals surface area contributed by atoms with Gasteiger partial charge in [0.1, 0.15) is 5.69 Å². The summed E-state index contributed by atoms with van der Waals surface area (Å²) in [6.07, 6.45) is 2.96. The van der Waals surface area contributed by atoms with Crippen LogP contribution in [0, 0.1) is 5.92 Å². The van der Waals surface area contributed by atoms with Gasteiger partial charge in [-0.1, -0.05) is 41.9 Å². The highest BCUT2D eigenvalue weighted by atomic mass is 35.5. The molecular weight excluding hydrogens is 322 g/mol.